The molecule has 4 rings (SSSR count). The van der Waals surface area contributed by atoms with Gasteiger partial charge in [0, 0.05) is 5.69 Å². The van der Waals surface area contributed by atoms with E-state index in [1.54, 1.807) is 29.2 Å². The molecule has 6 nitrogen and oxygen atoms in total. The maximum absolute atomic E-state index is 12.5. The van der Waals surface area contributed by atoms with Crippen molar-refractivity contribution in [1.29, 1.82) is 0 Å². The van der Waals surface area contributed by atoms with Gasteiger partial charge in [-0.1, -0.05) is 24.6 Å². The Balaban J connectivity index is 1.45. The molecule has 3 amide bonds. The summed E-state index contributed by atoms with van der Waals surface area (Å²) in [7, 11) is 0. The highest BCUT2D eigenvalue weighted by Crippen LogP contribution is 2.38. The van der Waals surface area contributed by atoms with Crippen molar-refractivity contribution in [3.63, 3.8) is 0 Å². The molecule has 2 heterocycles. The Morgan fingerprint density at radius 3 is 2.62 bits per heavy atom. The molecule has 1 aliphatic heterocycles. The van der Waals surface area contributed by atoms with Crippen molar-refractivity contribution in [1.82, 2.24) is 9.88 Å². The minimum absolute atomic E-state index is 0.183. The second-order valence-electron chi connectivity index (χ2n) is 6.67. The van der Waals surface area contributed by atoms with Gasteiger partial charge < -0.3 is 5.32 Å². The molecular weight excluding hydrogens is 370 g/mol. The Bertz CT molecular complexity index is 871. The lowest BCUT2D eigenvalue weighted by Gasteiger charge is -2.19. The molecule has 0 bridgehead atoms. The van der Waals surface area contributed by atoms with Crippen LogP contribution in [0.25, 0.3) is 10.2 Å². The summed E-state index contributed by atoms with van der Waals surface area (Å²) in [4.78, 5) is 42.9. The summed E-state index contributed by atoms with van der Waals surface area (Å²) in [5.74, 6) is -1.15. The lowest BCUT2D eigenvalue weighted by Crippen LogP contribution is -2.38. The average Bonchev–Trinajstić information content (AvgIpc) is 3.16. The third kappa shape index (κ3) is 3.12. The number of imide groups is 1. The smallest absolute Gasteiger partial charge is 0.244 e. The number of thioether (sulfide) groups is 1. The SMILES string of the molecule is CSc1nc2ccc(NC(=O)CN3C(=O)[C@@H]4CCCC[C@H]4C3=O)cc2s1. The van der Waals surface area contributed by atoms with E-state index in [9.17, 15) is 14.4 Å². The molecule has 26 heavy (non-hydrogen) atoms. The maximum Gasteiger partial charge on any atom is 0.244 e. The van der Waals surface area contributed by atoms with Gasteiger partial charge in [-0.25, -0.2) is 4.98 Å². The molecule has 1 aromatic carbocycles. The number of carbonyl (C=O) groups excluding carboxylic acids is 3. The largest absolute Gasteiger partial charge is 0.324 e. The molecule has 136 valence electrons. The van der Waals surface area contributed by atoms with E-state index in [4.69, 9.17) is 0 Å². The van der Waals surface area contributed by atoms with Crippen LogP contribution in [0.2, 0.25) is 0 Å². The number of aromatic nitrogens is 1. The molecule has 1 N–H and O–H groups in total. The van der Waals surface area contributed by atoms with Crippen LogP contribution in [0, 0.1) is 11.8 Å². The quantitative estimate of drug-likeness (QED) is 0.642. The third-order valence-electron chi connectivity index (χ3n) is 5.06. The molecule has 2 aromatic rings. The Hall–Kier alpha value is -1.93. The summed E-state index contributed by atoms with van der Waals surface area (Å²) >= 11 is 3.15. The predicted octanol–water partition coefficient (Wildman–Crippen LogP) is 3.13. The Kier molecular flexibility index (Phi) is 4.71. The van der Waals surface area contributed by atoms with Crippen LogP contribution in [-0.4, -0.2) is 40.4 Å². The Labute approximate surface area is 159 Å². The van der Waals surface area contributed by atoms with Crippen LogP contribution in [0.1, 0.15) is 25.7 Å². The Morgan fingerprint density at radius 1 is 1.27 bits per heavy atom. The van der Waals surface area contributed by atoms with E-state index < -0.39 is 0 Å². The number of anilines is 1. The normalized spacial score (nSPS) is 22.7. The number of thiazole rings is 1. The molecule has 1 aliphatic carbocycles. The standard InChI is InChI=1S/C18H19N3O3S2/c1-25-18-20-13-7-6-10(8-14(13)26-18)19-15(22)9-21-16(23)11-4-2-3-5-12(11)17(21)24/h6-8,11-12H,2-5,9H2,1H3,(H,19,22)/t11-,12-/m1/s1. The van der Waals surface area contributed by atoms with Gasteiger partial charge in [-0.05, 0) is 37.3 Å². The van der Waals surface area contributed by atoms with Crippen LogP contribution >= 0.6 is 23.1 Å². The number of hydrogen-bond acceptors (Lipinski definition) is 6. The summed E-state index contributed by atoms with van der Waals surface area (Å²) in [6.07, 6.45) is 5.45. The second-order valence-corrected chi connectivity index (χ2v) is 8.76. The minimum Gasteiger partial charge on any atom is -0.324 e. The van der Waals surface area contributed by atoms with Gasteiger partial charge >= 0.3 is 0 Å². The molecule has 1 aromatic heterocycles. The van der Waals surface area contributed by atoms with Crippen molar-refractivity contribution in [2.45, 2.75) is 30.0 Å². The first kappa shape index (κ1) is 17.5. The zero-order valence-corrected chi connectivity index (χ0v) is 16.0. The molecule has 0 radical (unpaired) electrons. The number of nitrogens with one attached hydrogen (secondary N) is 1. The van der Waals surface area contributed by atoms with Crippen molar-refractivity contribution in [3.8, 4) is 0 Å². The number of nitrogens with zero attached hydrogens (tertiary/aromatic N) is 2. The van der Waals surface area contributed by atoms with E-state index in [0.29, 0.717) is 5.69 Å². The molecule has 1 saturated carbocycles. The van der Waals surface area contributed by atoms with E-state index in [1.165, 1.54) is 0 Å². The van der Waals surface area contributed by atoms with Crippen molar-refractivity contribution in [3.05, 3.63) is 18.2 Å². The zero-order chi connectivity index (χ0) is 18.3. The van der Waals surface area contributed by atoms with Gasteiger partial charge in [-0.15, -0.1) is 11.3 Å². The zero-order valence-electron chi connectivity index (χ0n) is 14.4. The van der Waals surface area contributed by atoms with Crippen LogP contribution in [-0.2, 0) is 14.4 Å². The average molecular weight is 390 g/mol. The van der Waals surface area contributed by atoms with Gasteiger partial charge in [0.2, 0.25) is 17.7 Å². The number of fused-ring (bicyclic) bond motifs is 2. The first-order chi connectivity index (χ1) is 12.6. The van der Waals surface area contributed by atoms with Crippen LogP contribution in [0.3, 0.4) is 0 Å². The number of likely N-dealkylation sites (tertiary alicyclic amines) is 1. The fourth-order valence-electron chi connectivity index (χ4n) is 3.80. The van der Waals surface area contributed by atoms with Gasteiger partial charge in [0.05, 0.1) is 22.1 Å². The maximum atomic E-state index is 12.5. The minimum atomic E-state index is -0.348. The molecule has 1 saturated heterocycles. The summed E-state index contributed by atoms with van der Waals surface area (Å²) in [5, 5.41) is 2.80. The summed E-state index contributed by atoms with van der Waals surface area (Å²) in [6.45, 7) is -0.207. The molecule has 2 aliphatic rings. The van der Waals surface area contributed by atoms with Crippen molar-refractivity contribution >= 4 is 56.7 Å². The molecule has 2 fully saturated rings. The lowest BCUT2D eigenvalue weighted by molar-refractivity contribution is -0.142. The van der Waals surface area contributed by atoms with Crippen LogP contribution in [0.15, 0.2) is 22.5 Å². The van der Waals surface area contributed by atoms with E-state index in [1.807, 2.05) is 18.4 Å². The predicted molar refractivity (Wildman–Crippen MR) is 102 cm³/mol. The first-order valence-corrected chi connectivity index (χ1v) is 10.7. The number of hydrogen-bond donors (Lipinski definition) is 1. The number of benzene rings is 1. The fourth-order valence-corrected chi connectivity index (χ4v) is 5.33. The monoisotopic (exact) mass is 389 g/mol. The molecule has 8 heteroatoms. The summed E-state index contributed by atoms with van der Waals surface area (Å²) in [5.41, 5.74) is 1.54. The van der Waals surface area contributed by atoms with Crippen LogP contribution in [0.5, 0.6) is 0 Å². The van der Waals surface area contributed by atoms with E-state index in [0.717, 1.165) is 45.1 Å². The number of amides is 3. The van der Waals surface area contributed by atoms with E-state index in [-0.39, 0.29) is 36.1 Å². The number of carbonyl (C=O) groups is 3. The van der Waals surface area contributed by atoms with Gasteiger partial charge in [0.25, 0.3) is 0 Å². The van der Waals surface area contributed by atoms with Gasteiger partial charge in [-0.3, -0.25) is 19.3 Å². The summed E-state index contributed by atoms with van der Waals surface area (Å²) in [6, 6.07) is 5.53. The third-order valence-corrected chi connectivity index (χ3v) is 7.06. The van der Waals surface area contributed by atoms with Gasteiger partial charge in [-0.2, -0.15) is 0 Å². The van der Waals surface area contributed by atoms with E-state index in [2.05, 4.69) is 10.3 Å². The fraction of sp³-hybridized carbons (Fsp3) is 0.444. The molecule has 0 unspecified atom stereocenters. The van der Waals surface area contributed by atoms with E-state index >= 15 is 0 Å². The highest BCUT2D eigenvalue weighted by atomic mass is 32.2. The van der Waals surface area contributed by atoms with Crippen molar-refractivity contribution < 1.29 is 14.4 Å². The van der Waals surface area contributed by atoms with Crippen molar-refractivity contribution in [2.75, 3.05) is 18.1 Å². The highest BCUT2D eigenvalue weighted by Gasteiger charge is 2.48. The first-order valence-electron chi connectivity index (χ1n) is 8.66. The molecule has 0 spiro atoms. The molecular formula is C18H19N3O3S2. The molecule has 2 atom stereocenters. The van der Waals surface area contributed by atoms with Gasteiger partial charge in [0.1, 0.15) is 6.54 Å². The lowest BCUT2D eigenvalue weighted by atomic mass is 9.81. The second kappa shape index (κ2) is 7.00. The highest BCUT2D eigenvalue weighted by molar-refractivity contribution is 8.00. The Morgan fingerprint density at radius 2 is 1.96 bits per heavy atom. The van der Waals surface area contributed by atoms with Crippen molar-refractivity contribution in [2.24, 2.45) is 11.8 Å². The topological polar surface area (TPSA) is 79.4 Å². The van der Waals surface area contributed by atoms with Gasteiger partial charge in [0.15, 0.2) is 4.34 Å². The van der Waals surface area contributed by atoms with Crippen LogP contribution in [0.4, 0.5) is 5.69 Å². The number of rotatable bonds is 4. The summed E-state index contributed by atoms with van der Waals surface area (Å²) < 4.78 is 1.96. The van der Waals surface area contributed by atoms with Crippen LogP contribution < -0.4 is 5.32 Å².